The standard InChI is InChI=1S/C36H55NO9/c1-38-12-13-41-14-15-42-16-17-43-18-19-44-20-21-45-25-28-23-34-8-9-36(28,40-3)33-35(34)10-11-37(24-26-4-5-26)30(34)22-27-6-7-29(39-2)32(46-33)31(27)35/h6-7,26,28,30,33H,4-5,8-25H2,1-3H3/t28-,30?,33-,34-,35+,36-/m1/s1. The minimum Gasteiger partial charge on any atom is -0.493 e. The van der Waals surface area contributed by atoms with Crippen LogP contribution in [0, 0.1) is 17.3 Å². The summed E-state index contributed by atoms with van der Waals surface area (Å²) in [4.78, 5) is 2.88. The van der Waals surface area contributed by atoms with Crippen molar-refractivity contribution in [3.8, 4) is 11.5 Å². The molecular weight excluding hydrogens is 590 g/mol. The molecule has 2 heterocycles. The molecule has 0 amide bonds. The molecule has 2 aliphatic heterocycles. The largest absolute Gasteiger partial charge is 0.493 e. The SMILES string of the molecule is COCCOCCOCCOCCOCCOC[C@H]1C[C@@]23CC[C@]1(OC)[C@@H]1Oc4c(OC)ccc5c4[C@@]12CCN(CC1CC1)C3C5. The van der Waals surface area contributed by atoms with Gasteiger partial charge in [-0.3, -0.25) is 4.90 Å². The second-order valence-corrected chi connectivity index (χ2v) is 14.2. The van der Waals surface area contributed by atoms with Crippen molar-refractivity contribution in [2.24, 2.45) is 17.3 Å². The fourth-order valence-corrected chi connectivity index (χ4v) is 10.1. The van der Waals surface area contributed by atoms with Gasteiger partial charge in [0.05, 0.1) is 79.8 Å². The minimum atomic E-state index is -0.379. The summed E-state index contributed by atoms with van der Waals surface area (Å²) < 4.78 is 53.3. The van der Waals surface area contributed by atoms with Crippen LogP contribution in [0.5, 0.6) is 11.5 Å². The van der Waals surface area contributed by atoms with Crippen molar-refractivity contribution in [2.45, 2.75) is 68.1 Å². The van der Waals surface area contributed by atoms with E-state index in [1.807, 2.05) is 7.11 Å². The van der Waals surface area contributed by atoms with E-state index in [0.29, 0.717) is 78.7 Å². The fraction of sp³-hybridized carbons (Fsp3) is 0.833. The molecule has 0 N–H and O–H groups in total. The Morgan fingerprint density at radius 1 is 0.804 bits per heavy atom. The molecule has 5 aliphatic carbocycles. The van der Waals surface area contributed by atoms with Gasteiger partial charge < -0.3 is 42.6 Å². The average Bonchev–Trinajstić information content (AvgIpc) is 3.82. The number of piperidine rings is 1. The zero-order valence-corrected chi connectivity index (χ0v) is 28.2. The third-order valence-corrected chi connectivity index (χ3v) is 12.2. The molecule has 46 heavy (non-hydrogen) atoms. The summed E-state index contributed by atoms with van der Waals surface area (Å²) in [5.41, 5.74) is 2.69. The van der Waals surface area contributed by atoms with Crippen LogP contribution in [0.1, 0.15) is 49.7 Å². The Labute approximate surface area is 274 Å². The zero-order chi connectivity index (χ0) is 31.6. The van der Waals surface area contributed by atoms with Crippen molar-refractivity contribution in [1.82, 2.24) is 4.90 Å². The predicted octanol–water partition coefficient (Wildman–Crippen LogP) is 3.65. The van der Waals surface area contributed by atoms with E-state index < -0.39 is 0 Å². The number of hydrogen-bond donors (Lipinski definition) is 0. The molecule has 1 saturated heterocycles. The molecule has 1 aromatic carbocycles. The maximum atomic E-state index is 7.13. The van der Waals surface area contributed by atoms with Gasteiger partial charge in [0.1, 0.15) is 11.7 Å². The van der Waals surface area contributed by atoms with E-state index in [-0.39, 0.29) is 28.5 Å². The summed E-state index contributed by atoms with van der Waals surface area (Å²) in [5, 5.41) is 0. The molecule has 10 heteroatoms. The summed E-state index contributed by atoms with van der Waals surface area (Å²) in [5.74, 6) is 3.01. The van der Waals surface area contributed by atoms with Crippen molar-refractivity contribution in [3.63, 3.8) is 0 Å². The lowest BCUT2D eigenvalue weighted by atomic mass is 9.35. The molecule has 2 spiro atoms. The molecule has 0 radical (unpaired) electrons. The average molecular weight is 646 g/mol. The first kappa shape index (κ1) is 33.0. The molecule has 5 fully saturated rings. The number of hydrogen-bond acceptors (Lipinski definition) is 10. The number of ether oxygens (including phenoxy) is 9. The Hall–Kier alpha value is -1.50. The van der Waals surface area contributed by atoms with Gasteiger partial charge in [0.25, 0.3) is 0 Å². The highest BCUT2D eigenvalue weighted by atomic mass is 16.6. The molecule has 6 atom stereocenters. The quantitative estimate of drug-likeness (QED) is 0.185. The van der Waals surface area contributed by atoms with Crippen LogP contribution < -0.4 is 9.47 Å². The van der Waals surface area contributed by atoms with Crippen LogP contribution in [0.4, 0.5) is 0 Å². The number of fused-ring (bicyclic) bond motifs is 2. The molecule has 1 aromatic rings. The summed E-state index contributed by atoms with van der Waals surface area (Å²) in [6.07, 6.45) is 8.34. The fourth-order valence-electron chi connectivity index (χ4n) is 10.1. The lowest BCUT2D eigenvalue weighted by Crippen LogP contribution is -2.81. The normalized spacial score (nSPS) is 33.7. The molecule has 258 valence electrons. The Bertz CT molecular complexity index is 1180. The van der Waals surface area contributed by atoms with Crippen LogP contribution in [0.15, 0.2) is 12.1 Å². The molecule has 0 aromatic heterocycles. The van der Waals surface area contributed by atoms with Crippen molar-refractivity contribution in [3.05, 3.63) is 23.3 Å². The van der Waals surface area contributed by atoms with Crippen molar-refractivity contribution < 1.29 is 42.6 Å². The van der Waals surface area contributed by atoms with Gasteiger partial charge in [0.15, 0.2) is 11.5 Å². The van der Waals surface area contributed by atoms with Gasteiger partial charge in [-0.1, -0.05) is 6.07 Å². The number of rotatable bonds is 21. The molecule has 10 nitrogen and oxygen atoms in total. The number of likely N-dealkylation sites (tertiary alicyclic amines) is 1. The van der Waals surface area contributed by atoms with Crippen LogP contribution in [-0.2, 0) is 45.0 Å². The summed E-state index contributed by atoms with van der Waals surface area (Å²) in [6, 6.07) is 5.00. The second-order valence-electron chi connectivity index (χ2n) is 14.2. The van der Waals surface area contributed by atoms with Crippen molar-refractivity contribution in [2.75, 3.05) is 107 Å². The lowest BCUT2D eigenvalue weighted by molar-refractivity contribution is -0.283. The topological polar surface area (TPSA) is 86.3 Å². The minimum absolute atomic E-state index is 0.0161. The smallest absolute Gasteiger partial charge is 0.165 e. The third kappa shape index (κ3) is 5.58. The Balaban J connectivity index is 0.937. The van der Waals surface area contributed by atoms with E-state index in [0.717, 1.165) is 49.6 Å². The second kappa shape index (κ2) is 14.2. The first-order chi connectivity index (χ1) is 22.6. The summed E-state index contributed by atoms with van der Waals surface area (Å²) in [7, 11) is 5.33. The van der Waals surface area contributed by atoms with Crippen molar-refractivity contribution in [1.29, 1.82) is 0 Å². The Kier molecular flexibility index (Phi) is 10.2. The molecule has 4 bridgehead atoms. The highest BCUT2D eigenvalue weighted by Crippen LogP contribution is 2.76. The van der Waals surface area contributed by atoms with Gasteiger partial charge in [-0.25, -0.2) is 0 Å². The van der Waals surface area contributed by atoms with Crippen LogP contribution in [-0.4, -0.2) is 130 Å². The Morgan fingerprint density at radius 2 is 1.48 bits per heavy atom. The van der Waals surface area contributed by atoms with Gasteiger partial charge in [-0.2, -0.15) is 0 Å². The summed E-state index contributed by atoms with van der Waals surface area (Å²) in [6.45, 7) is 8.65. The maximum Gasteiger partial charge on any atom is 0.165 e. The lowest BCUT2D eigenvalue weighted by Gasteiger charge is -2.74. The number of nitrogens with zero attached hydrogens (tertiary/aromatic N) is 1. The molecule has 8 rings (SSSR count). The van der Waals surface area contributed by atoms with Gasteiger partial charge in [-0.15, -0.1) is 0 Å². The first-order valence-electron chi connectivity index (χ1n) is 17.7. The number of benzene rings is 1. The maximum absolute atomic E-state index is 7.13. The molecular formula is C36H55NO9. The van der Waals surface area contributed by atoms with Crippen LogP contribution in [0.2, 0.25) is 0 Å². The highest BCUT2D eigenvalue weighted by molar-refractivity contribution is 5.63. The Morgan fingerprint density at radius 3 is 2.11 bits per heavy atom. The van der Waals surface area contributed by atoms with E-state index in [2.05, 4.69) is 17.0 Å². The third-order valence-electron chi connectivity index (χ3n) is 12.2. The van der Waals surface area contributed by atoms with Crippen LogP contribution >= 0.6 is 0 Å². The van der Waals surface area contributed by atoms with Gasteiger partial charge in [-0.05, 0) is 69.0 Å². The zero-order valence-electron chi connectivity index (χ0n) is 28.2. The number of methoxy groups -OCH3 is 3. The van der Waals surface area contributed by atoms with Crippen LogP contribution in [0.25, 0.3) is 0 Å². The van der Waals surface area contributed by atoms with Crippen LogP contribution in [0.3, 0.4) is 0 Å². The molecule has 4 saturated carbocycles. The van der Waals surface area contributed by atoms with E-state index >= 15 is 0 Å². The monoisotopic (exact) mass is 645 g/mol. The predicted molar refractivity (Wildman–Crippen MR) is 171 cm³/mol. The molecule has 1 unspecified atom stereocenters. The van der Waals surface area contributed by atoms with E-state index in [1.54, 1.807) is 14.2 Å². The molecule has 7 aliphatic rings. The summed E-state index contributed by atoms with van der Waals surface area (Å²) >= 11 is 0. The van der Waals surface area contributed by atoms with Gasteiger partial charge in [0.2, 0.25) is 0 Å². The van der Waals surface area contributed by atoms with E-state index in [4.69, 9.17) is 42.6 Å². The van der Waals surface area contributed by atoms with Gasteiger partial charge in [0, 0.05) is 49.1 Å². The van der Waals surface area contributed by atoms with E-state index in [9.17, 15) is 0 Å². The highest BCUT2D eigenvalue weighted by Gasteiger charge is 2.80. The van der Waals surface area contributed by atoms with E-state index in [1.165, 1.54) is 36.9 Å². The van der Waals surface area contributed by atoms with Crippen molar-refractivity contribution >= 4 is 0 Å². The first-order valence-corrected chi connectivity index (χ1v) is 17.7. The van der Waals surface area contributed by atoms with Gasteiger partial charge >= 0.3 is 0 Å².